The lowest BCUT2D eigenvalue weighted by Gasteiger charge is -2.31. The van der Waals surface area contributed by atoms with Gasteiger partial charge in [-0.05, 0) is 61.9 Å². The van der Waals surface area contributed by atoms with E-state index in [1.165, 1.54) is 18.2 Å². The van der Waals surface area contributed by atoms with Crippen molar-refractivity contribution in [1.29, 1.82) is 0 Å². The molecule has 1 aliphatic carbocycles. The van der Waals surface area contributed by atoms with Crippen molar-refractivity contribution in [3.05, 3.63) is 99.6 Å². The topological polar surface area (TPSA) is 63.4 Å². The summed E-state index contributed by atoms with van der Waals surface area (Å²) in [7, 11) is 1.88. The zero-order valence-corrected chi connectivity index (χ0v) is 21.7. The van der Waals surface area contributed by atoms with E-state index in [-0.39, 0.29) is 40.5 Å². The Hall–Kier alpha value is -3.66. The van der Waals surface area contributed by atoms with Crippen LogP contribution in [0.2, 0.25) is 0 Å². The monoisotopic (exact) mass is 562 g/mol. The van der Waals surface area contributed by atoms with Crippen LogP contribution in [0, 0.1) is 0 Å². The molecule has 3 aromatic rings. The van der Waals surface area contributed by atoms with Crippen molar-refractivity contribution < 1.29 is 35.9 Å². The molecule has 0 bridgehead atoms. The maximum Gasteiger partial charge on any atom is 0.416 e. The normalized spacial score (nSPS) is 14.9. The zero-order chi connectivity index (χ0) is 29.2. The number of alkyl halides is 6. The SMILES string of the molecule is CN(Cc1cc(C(=O)c2cccc(C(F)(F)F)c2)cc(C(=O)c2cccc(C(F)(F)F)c2)c1N)C1CCCCC1. The largest absolute Gasteiger partial charge is 0.416 e. The molecule has 10 heteroatoms. The lowest BCUT2D eigenvalue weighted by molar-refractivity contribution is -0.138. The van der Waals surface area contributed by atoms with Crippen molar-refractivity contribution in [2.75, 3.05) is 12.8 Å². The molecule has 0 aromatic heterocycles. The van der Waals surface area contributed by atoms with Crippen LogP contribution >= 0.6 is 0 Å². The van der Waals surface area contributed by atoms with Crippen molar-refractivity contribution in [2.45, 2.75) is 57.0 Å². The van der Waals surface area contributed by atoms with Crippen LogP contribution in [0.5, 0.6) is 0 Å². The third-order valence-corrected chi connectivity index (χ3v) is 7.29. The minimum absolute atomic E-state index is 0.00524. The fraction of sp³-hybridized carbons (Fsp3) is 0.333. The number of nitrogens with two attached hydrogens (primary N) is 1. The maximum absolute atomic E-state index is 13.5. The van der Waals surface area contributed by atoms with Crippen LogP contribution in [0.15, 0.2) is 60.7 Å². The Labute approximate surface area is 227 Å². The number of ketones is 2. The Kier molecular flexibility index (Phi) is 8.39. The van der Waals surface area contributed by atoms with E-state index in [9.17, 15) is 35.9 Å². The molecule has 1 fully saturated rings. The van der Waals surface area contributed by atoms with Crippen LogP contribution in [-0.4, -0.2) is 29.6 Å². The maximum atomic E-state index is 13.5. The fourth-order valence-corrected chi connectivity index (χ4v) is 5.08. The van der Waals surface area contributed by atoms with Gasteiger partial charge in [0.05, 0.1) is 11.1 Å². The number of benzene rings is 3. The first-order valence-corrected chi connectivity index (χ1v) is 12.8. The second-order valence-electron chi connectivity index (χ2n) is 10.1. The van der Waals surface area contributed by atoms with E-state index in [0.29, 0.717) is 11.6 Å². The third kappa shape index (κ3) is 6.55. The van der Waals surface area contributed by atoms with Crippen molar-refractivity contribution >= 4 is 17.3 Å². The van der Waals surface area contributed by atoms with Crippen molar-refractivity contribution in [3.63, 3.8) is 0 Å². The van der Waals surface area contributed by atoms with Gasteiger partial charge in [0.1, 0.15) is 0 Å². The lowest BCUT2D eigenvalue weighted by Crippen LogP contribution is -2.33. The summed E-state index contributed by atoms with van der Waals surface area (Å²) in [4.78, 5) is 28.9. The van der Waals surface area contributed by atoms with Crippen molar-refractivity contribution in [1.82, 2.24) is 4.90 Å². The number of hydrogen-bond acceptors (Lipinski definition) is 4. The van der Waals surface area contributed by atoms with E-state index in [4.69, 9.17) is 5.73 Å². The first-order valence-electron chi connectivity index (χ1n) is 12.8. The summed E-state index contributed by atoms with van der Waals surface area (Å²) in [5.74, 6) is -1.60. The summed E-state index contributed by atoms with van der Waals surface area (Å²) in [6, 6.07) is 10.6. The molecular weight excluding hydrogens is 534 g/mol. The summed E-state index contributed by atoms with van der Waals surface area (Å²) in [5.41, 5.74) is 3.94. The number of nitrogen functional groups attached to an aromatic ring is 1. The van der Waals surface area contributed by atoms with E-state index in [2.05, 4.69) is 0 Å². The van der Waals surface area contributed by atoms with Gasteiger partial charge in [-0.15, -0.1) is 0 Å². The van der Waals surface area contributed by atoms with E-state index >= 15 is 0 Å². The number of halogens is 6. The minimum Gasteiger partial charge on any atom is -0.398 e. The molecule has 4 nitrogen and oxygen atoms in total. The van der Waals surface area contributed by atoms with Crippen LogP contribution in [-0.2, 0) is 18.9 Å². The number of rotatable bonds is 7. The minimum atomic E-state index is -4.68. The molecule has 0 atom stereocenters. The highest BCUT2D eigenvalue weighted by atomic mass is 19.4. The van der Waals surface area contributed by atoms with E-state index in [1.54, 1.807) is 0 Å². The number of carbonyl (C=O) groups excluding carboxylic acids is 2. The van der Waals surface area contributed by atoms with Crippen LogP contribution in [0.25, 0.3) is 0 Å². The number of carbonyl (C=O) groups is 2. The lowest BCUT2D eigenvalue weighted by atomic mass is 9.91. The molecule has 0 spiro atoms. The molecule has 0 radical (unpaired) electrons. The summed E-state index contributed by atoms with van der Waals surface area (Å²) in [6.07, 6.45) is -4.21. The van der Waals surface area contributed by atoms with Crippen molar-refractivity contribution in [2.24, 2.45) is 0 Å². The van der Waals surface area contributed by atoms with Gasteiger partial charge in [0.15, 0.2) is 11.6 Å². The Morgan fingerprint density at radius 1 is 0.775 bits per heavy atom. The van der Waals surface area contributed by atoms with Gasteiger partial charge in [-0.2, -0.15) is 26.3 Å². The highest BCUT2D eigenvalue weighted by Gasteiger charge is 2.33. The third-order valence-electron chi connectivity index (χ3n) is 7.29. The molecule has 0 heterocycles. The summed E-state index contributed by atoms with van der Waals surface area (Å²) < 4.78 is 79.8. The Morgan fingerprint density at radius 3 is 1.82 bits per heavy atom. The average molecular weight is 563 g/mol. The Bertz CT molecular complexity index is 1410. The molecule has 0 aliphatic heterocycles. The number of anilines is 1. The van der Waals surface area contributed by atoms with Gasteiger partial charge in [-0.25, -0.2) is 0 Å². The van der Waals surface area contributed by atoms with Gasteiger partial charge >= 0.3 is 12.4 Å². The first kappa shape index (κ1) is 29.3. The number of nitrogens with zero attached hydrogens (tertiary/aromatic N) is 1. The van der Waals surface area contributed by atoms with Crippen LogP contribution < -0.4 is 5.73 Å². The first-order chi connectivity index (χ1) is 18.8. The quantitative estimate of drug-likeness (QED) is 0.184. The van der Waals surface area contributed by atoms with Crippen molar-refractivity contribution in [3.8, 4) is 0 Å². The average Bonchev–Trinajstić information content (AvgIpc) is 2.93. The van der Waals surface area contributed by atoms with Gasteiger partial charge in [-0.3, -0.25) is 14.5 Å². The predicted octanol–water partition coefficient (Wildman–Crippen LogP) is 7.53. The van der Waals surface area contributed by atoms with Crippen LogP contribution in [0.4, 0.5) is 32.0 Å². The second-order valence-corrected chi connectivity index (χ2v) is 10.1. The number of hydrogen-bond donors (Lipinski definition) is 1. The summed E-state index contributed by atoms with van der Waals surface area (Å²) in [5, 5.41) is 0. The highest BCUT2D eigenvalue weighted by Crippen LogP contribution is 2.33. The second kappa shape index (κ2) is 11.4. The van der Waals surface area contributed by atoms with Crippen LogP contribution in [0.3, 0.4) is 0 Å². The van der Waals surface area contributed by atoms with Gasteiger partial charge in [0.2, 0.25) is 0 Å². The molecule has 3 aromatic carbocycles. The van der Waals surface area contributed by atoms with Gasteiger partial charge in [0, 0.05) is 40.5 Å². The van der Waals surface area contributed by atoms with E-state index in [0.717, 1.165) is 68.5 Å². The molecule has 0 saturated heterocycles. The van der Waals surface area contributed by atoms with Gasteiger partial charge in [-0.1, -0.05) is 43.5 Å². The molecular formula is C30H28F6N2O2. The van der Waals surface area contributed by atoms with Crippen LogP contribution in [0.1, 0.15) is 80.6 Å². The van der Waals surface area contributed by atoms with E-state index < -0.39 is 35.0 Å². The molecule has 1 saturated carbocycles. The summed E-state index contributed by atoms with van der Waals surface area (Å²) >= 11 is 0. The van der Waals surface area contributed by atoms with E-state index in [1.807, 2.05) is 11.9 Å². The molecule has 40 heavy (non-hydrogen) atoms. The molecule has 1 aliphatic rings. The highest BCUT2D eigenvalue weighted by molar-refractivity contribution is 6.16. The zero-order valence-electron chi connectivity index (χ0n) is 21.7. The Balaban J connectivity index is 1.79. The molecule has 2 N–H and O–H groups in total. The standard InChI is InChI=1S/C30H28F6N2O2/c1-38(24-11-3-2-4-12-24)17-21-13-20(27(39)18-7-5-9-22(14-18)29(31,32)33)16-25(26(21)37)28(40)19-8-6-10-23(15-19)30(34,35)36/h5-10,13-16,24H,2-4,11-12,17,37H2,1H3. The predicted molar refractivity (Wildman–Crippen MR) is 139 cm³/mol. The smallest absolute Gasteiger partial charge is 0.398 e. The summed E-state index contributed by atoms with van der Waals surface area (Å²) in [6.45, 7) is 0.239. The Morgan fingerprint density at radius 2 is 1.30 bits per heavy atom. The fourth-order valence-electron chi connectivity index (χ4n) is 5.08. The molecule has 4 rings (SSSR count). The molecule has 212 valence electrons. The van der Waals surface area contributed by atoms with Gasteiger partial charge < -0.3 is 5.73 Å². The molecule has 0 amide bonds. The molecule has 0 unspecified atom stereocenters. The van der Waals surface area contributed by atoms with Gasteiger partial charge in [0.25, 0.3) is 0 Å².